The molecule has 0 bridgehead atoms. The Hall–Kier alpha value is -2.84. The number of halogens is 2. The van der Waals surface area contributed by atoms with E-state index in [9.17, 15) is 39.6 Å². The summed E-state index contributed by atoms with van der Waals surface area (Å²) in [6, 6.07) is 1.72. The van der Waals surface area contributed by atoms with Gasteiger partial charge in [0.15, 0.2) is 0 Å². The van der Waals surface area contributed by atoms with Crippen LogP contribution >= 0.6 is 23.2 Å². The molecule has 0 amide bonds. The molecule has 0 aliphatic carbocycles. The molecule has 10 heteroatoms. The van der Waals surface area contributed by atoms with Gasteiger partial charge in [0.05, 0.1) is 32.3 Å². The summed E-state index contributed by atoms with van der Waals surface area (Å²) in [5.41, 5.74) is -2.81. The predicted molar refractivity (Wildman–Crippen MR) is 81.8 cm³/mol. The fourth-order valence-corrected chi connectivity index (χ4v) is 2.86. The van der Waals surface area contributed by atoms with Gasteiger partial charge in [0.2, 0.25) is 0 Å². The van der Waals surface area contributed by atoms with Gasteiger partial charge in [-0.2, -0.15) is 0 Å². The number of carbonyl (C=O) groups is 4. The topological polar surface area (TPSA) is 149 Å². The fourth-order valence-electron chi connectivity index (χ4n) is 2.32. The Kier molecular flexibility index (Phi) is 4.37. The Bertz CT molecular complexity index is 871. The highest BCUT2D eigenvalue weighted by Gasteiger charge is 2.30. The lowest BCUT2D eigenvalue weighted by Crippen LogP contribution is -2.13. The first-order valence-corrected chi connectivity index (χ1v) is 6.76. The van der Waals surface area contributed by atoms with E-state index in [1.807, 2.05) is 0 Å². The van der Waals surface area contributed by atoms with Crippen LogP contribution in [0.3, 0.4) is 0 Å². The third kappa shape index (κ3) is 2.51. The fraction of sp³-hybridized carbons (Fsp3) is 0. The number of hydrogen-bond acceptors (Lipinski definition) is 4. The van der Waals surface area contributed by atoms with Crippen LogP contribution < -0.4 is 0 Å². The smallest absolute Gasteiger partial charge is 0.337 e. The number of carboxylic acids is 4. The van der Waals surface area contributed by atoms with E-state index in [4.69, 9.17) is 23.2 Å². The molecule has 0 radical (unpaired) electrons. The molecule has 0 fully saturated rings. The number of carboxylic acid groups (broad SMARTS) is 4. The molecule has 0 atom stereocenters. The van der Waals surface area contributed by atoms with Crippen molar-refractivity contribution in [3.63, 3.8) is 0 Å². The highest BCUT2D eigenvalue weighted by atomic mass is 35.5. The van der Waals surface area contributed by atoms with Crippen LogP contribution in [-0.4, -0.2) is 44.3 Å². The summed E-state index contributed by atoms with van der Waals surface area (Å²) in [6.07, 6.45) is 0. The van der Waals surface area contributed by atoms with Gasteiger partial charge in [-0.3, -0.25) is 0 Å². The van der Waals surface area contributed by atoms with Crippen LogP contribution in [0.15, 0.2) is 12.1 Å². The highest BCUT2D eigenvalue weighted by molar-refractivity contribution is 6.48. The Morgan fingerprint density at radius 1 is 0.625 bits per heavy atom. The molecule has 2 aromatic rings. The van der Waals surface area contributed by atoms with Crippen molar-refractivity contribution in [2.45, 2.75) is 0 Å². The van der Waals surface area contributed by atoms with E-state index in [0.717, 1.165) is 12.1 Å². The molecule has 0 saturated heterocycles. The van der Waals surface area contributed by atoms with Gasteiger partial charge in [-0.15, -0.1) is 0 Å². The van der Waals surface area contributed by atoms with Crippen LogP contribution in [0.1, 0.15) is 41.4 Å². The molecule has 24 heavy (non-hydrogen) atoms. The zero-order valence-electron chi connectivity index (χ0n) is 11.3. The molecule has 2 rings (SSSR count). The number of benzene rings is 2. The average Bonchev–Trinajstić information content (AvgIpc) is 2.46. The van der Waals surface area contributed by atoms with Gasteiger partial charge < -0.3 is 20.4 Å². The van der Waals surface area contributed by atoms with Crippen molar-refractivity contribution in [1.29, 1.82) is 0 Å². The first-order chi connectivity index (χ1) is 11.1. The molecule has 124 valence electrons. The second kappa shape index (κ2) is 5.99. The number of hydrogen-bond donors (Lipinski definition) is 4. The summed E-state index contributed by atoms with van der Waals surface area (Å²) in [5.74, 6) is -6.55. The Morgan fingerprint density at radius 2 is 0.917 bits per heavy atom. The molecule has 0 unspecified atom stereocenters. The van der Waals surface area contributed by atoms with Crippen molar-refractivity contribution in [3.05, 3.63) is 44.4 Å². The maximum atomic E-state index is 11.5. The van der Waals surface area contributed by atoms with Crippen molar-refractivity contribution in [3.8, 4) is 0 Å². The van der Waals surface area contributed by atoms with Crippen LogP contribution in [0.5, 0.6) is 0 Å². The Labute approximate surface area is 142 Å². The zero-order valence-corrected chi connectivity index (χ0v) is 12.8. The lowest BCUT2D eigenvalue weighted by atomic mass is 9.91. The van der Waals surface area contributed by atoms with Crippen LogP contribution in [0, 0.1) is 0 Å². The van der Waals surface area contributed by atoms with Crippen molar-refractivity contribution in [1.82, 2.24) is 0 Å². The normalized spacial score (nSPS) is 10.6. The van der Waals surface area contributed by atoms with Crippen LogP contribution in [-0.2, 0) is 0 Å². The Balaban J connectivity index is 3.35. The third-order valence-electron chi connectivity index (χ3n) is 3.23. The van der Waals surface area contributed by atoms with Crippen molar-refractivity contribution in [2.75, 3.05) is 0 Å². The molecule has 4 N–H and O–H groups in total. The Morgan fingerprint density at radius 3 is 1.12 bits per heavy atom. The van der Waals surface area contributed by atoms with E-state index in [-0.39, 0.29) is 0 Å². The maximum Gasteiger partial charge on any atom is 0.337 e. The minimum absolute atomic E-state index is 0.617. The molecule has 0 saturated carbocycles. The predicted octanol–water partition coefficient (Wildman–Crippen LogP) is 2.94. The van der Waals surface area contributed by atoms with E-state index in [0.29, 0.717) is 0 Å². The standard InChI is InChI=1S/C14H6Cl2O8/c15-9-7(13(21)22)5-3(11(17)18)1-2-4(12(19)20)6(5)8(10(9)16)14(23)24/h1-2H,(H,17,18)(H,19,20)(H,21,22)(H,23,24). The van der Waals surface area contributed by atoms with E-state index in [1.165, 1.54) is 0 Å². The molecule has 0 spiro atoms. The number of fused-ring (bicyclic) bond motifs is 1. The third-order valence-corrected chi connectivity index (χ3v) is 4.08. The minimum Gasteiger partial charge on any atom is -0.478 e. The minimum atomic E-state index is -1.69. The average molecular weight is 373 g/mol. The van der Waals surface area contributed by atoms with Crippen molar-refractivity contribution < 1.29 is 39.6 Å². The van der Waals surface area contributed by atoms with Crippen molar-refractivity contribution >= 4 is 57.9 Å². The molecule has 0 heterocycles. The van der Waals surface area contributed by atoms with Gasteiger partial charge in [0, 0.05) is 10.8 Å². The van der Waals surface area contributed by atoms with Gasteiger partial charge in [0.25, 0.3) is 0 Å². The van der Waals surface area contributed by atoms with Crippen LogP contribution in [0.4, 0.5) is 0 Å². The quantitative estimate of drug-likeness (QED) is 0.639. The summed E-state index contributed by atoms with van der Waals surface area (Å²) >= 11 is 11.6. The van der Waals surface area contributed by atoms with Gasteiger partial charge >= 0.3 is 23.9 Å². The molecular formula is C14H6Cl2O8. The number of rotatable bonds is 4. The number of aromatic carboxylic acids is 4. The largest absolute Gasteiger partial charge is 0.478 e. The van der Waals surface area contributed by atoms with Gasteiger partial charge in [-0.05, 0) is 12.1 Å². The second-order valence-electron chi connectivity index (χ2n) is 4.51. The van der Waals surface area contributed by atoms with Crippen LogP contribution in [0.25, 0.3) is 10.8 Å². The van der Waals surface area contributed by atoms with Crippen LogP contribution in [0.2, 0.25) is 10.0 Å². The molecule has 0 aromatic heterocycles. The molecule has 8 nitrogen and oxygen atoms in total. The molecular weight excluding hydrogens is 367 g/mol. The van der Waals surface area contributed by atoms with E-state index >= 15 is 0 Å². The zero-order chi connectivity index (χ0) is 18.3. The van der Waals surface area contributed by atoms with E-state index in [1.54, 1.807) is 0 Å². The first-order valence-electron chi connectivity index (χ1n) is 6.00. The summed E-state index contributed by atoms with van der Waals surface area (Å²) < 4.78 is 0. The summed E-state index contributed by atoms with van der Waals surface area (Å²) in [5, 5.41) is 34.5. The maximum absolute atomic E-state index is 11.5. The van der Waals surface area contributed by atoms with Gasteiger partial charge in [0.1, 0.15) is 0 Å². The van der Waals surface area contributed by atoms with E-state index < -0.39 is 66.9 Å². The summed E-state index contributed by atoms with van der Waals surface area (Å²) in [6.45, 7) is 0. The lowest BCUT2D eigenvalue weighted by molar-refractivity contribution is 0.0675. The second-order valence-corrected chi connectivity index (χ2v) is 5.27. The first kappa shape index (κ1) is 17.5. The molecule has 0 aliphatic rings. The van der Waals surface area contributed by atoms with Gasteiger partial charge in [-0.25, -0.2) is 19.2 Å². The summed E-state index contributed by atoms with van der Waals surface area (Å²) in [4.78, 5) is 45.8. The molecule has 2 aromatic carbocycles. The summed E-state index contributed by atoms with van der Waals surface area (Å²) in [7, 11) is 0. The van der Waals surface area contributed by atoms with Gasteiger partial charge in [-0.1, -0.05) is 23.2 Å². The van der Waals surface area contributed by atoms with Crippen molar-refractivity contribution in [2.24, 2.45) is 0 Å². The SMILES string of the molecule is O=C(O)c1ccc(C(=O)O)c2c(C(=O)O)c(Cl)c(Cl)c(C(=O)O)c12. The monoisotopic (exact) mass is 372 g/mol. The molecule has 0 aliphatic heterocycles. The highest BCUT2D eigenvalue weighted by Crippen LogP contribution is 2.40. The van der Waals surface area contributed by atoms with E-state index in [2.05, 4.69) is 0 Å². The lowest BCUT2D eigenvalue weighted by Gasteiger charge is -2.15.